The number of hydrogen-bond donors (Lipinski definition) is 1. The van der Waals surface area contributed by atoms with Crippen molar-refractivity contribution in [1.82, 2.24) is 9.97 Å². The highest BCUT2D eigenvalue weighted by Crippen LogP contribution is 2.27. The zero-order valence-electron chi connectivity index (χ0n) is 15.2. The van der Waals surface area contributed by atoms with Crippen molar-refractivity contribution in [2.24, 2.45) is 0 Å². The van der Waals surface area contributed by atoms with E-state index in [0.29, 0.717) is 11.5 Å². The summed E-state index contributed by atoms with van der Waals surface area (Å²) in [5, 5.41) is 13.1. The van der Waals surface area contributed by atoms with Gasteiger partial charge < -0.3 is 15.0 Å². The van der Waals surface area contributed by atoms with E-state index in [4.69, 9.17) is 10.00 Å². The van der Waals surface area contributed by atoms with Crippen molar-refractivity contribution in [3.63, 3.8) is 0 Å². The van der Waals surface area contributed by atoms with E-state index >= 15 is 0 Å². The Kier molecular flexibility index (Phi) is 5.71. The molecule has 1 aliphatic heterocycles. The highest BCUT2D eigenvalue weighted by Gasteiger charge is 2.11. The summed E-state index contributed by atoms with van der Waals surface area (Å²) in [4.78, 5) is 12.2. The van der Waals surface area contributed by atoms with Gasteiger partial charge in [-0.25, -0.2) is 9.97 Å². The number of ether oxygens (including phenoxy) is 1. The first-order valence-corrected chi connectivity index (χ1v) is 9.83. The molecule has 1 saturated heterocycles. The molecule has 140 valence electrons. The molecule has 1 aliphatic rings. The molecule has 2 aromatic carbocycles. The third kappa shape index (κ3) is 4.60. The number of nitrogens with zero attached hydrogens (tertiary/aromatic N) is 4. The Labute approximate surface area is 168 Å². The van der Waals surface area contributed by atoms with E-state index in [0.717, 1.165) is 41.9 Å². The zero-order chi connectivity index (χ0) is 19.2. The molecule has 0 atom stereocenters. The average Bonchev–Trinajstić information content (AvgIpc) is 2.75. The van der Waals surface area contributed by atoms with Gasteiger partial charge in [-0.05, 0) is 48.5 Å². The van der Waals surface area contributed by atoms with Crippen LogP contribution in [0.25, 0.3) is 0 Å². The Hall–Kier alpha value is -3.08. The number of nitrogens with one attached hydrogen (secondary N) is 1. The lowest BCUT2D eigenvalue weighted by Crippen LogP contribution is -2.36. The fourth-order valence-corrected chi connectivity index (χ4v) is 3.75. The van der Waals surface area contributed by atoms with Crippen LogP contribution in [0.3, 0.4) is 0 Å². The van der Waals surface area contributed by atoms with Gasteiger partial charge in [-0.3, -0.25) is 0 Å². The molecule has 0 saturated carbocycles. The monoisotopic (exact) mass is 389 g/mol. The largest absolute Gasteiger partial charge is 0.378 e. The van der Waals surface area contributed by atoms with Gasteiger partial charge in [-0.1, -0.05) is 17.8 Å². The summed E-state index contributed by atoms with van der Waals surface area (Å²) in [6, 6.07) is 19.7. The van der Waals surface area contributed by atoms with Gasteiger partial charge in [0.05, 0.1) is 24.8 Å². The summed E-state index contributed by atoms with van der Waals surface area (Å²) in [5.41, 5.74) is 2.76. The summed E-state index contributed by atoms with van der Waals surface area (Å²) < 4.78 is 5.40. The smallest absolute Gasteiger partial charge is 0.228 e. The van der Waals surface area contributed by atoms with Crippen LogP contribution in [0.1, 0.15) is 5.56 Å². The molecule has 7 heteroatoms. The van der Waals surface area contributed by atoms with Gasteiger partial charge in [0.15, 0.2) is 0 Å². The average molecular weight is 389 g/mol. The summed E-state index contributed by atoms with van der Waals surface area (Å²) in [7, 11) is 0. The summed E-state index contributed by atoms with van der Waals surface area (Å²) in [6.45, 7) is 3.38. The molecule has 0 bridgehead atoms. The van der Waals surface area contributed by atoms with E-state index in [2.05, 4.69) is 38.4 Å². The lowest BCUT2D eigenvalue weighted by molar-refractivity contribution is 0.122. The van der Waals surface area contributed by atoms with E-state index in [1.54, 1.807) is 12.3 Å². The van der Waals surface area contributed by atoms with Gasteiger partial charge in [-0.2, -0.15) is 5.26 Å². The number of aromatic nitrogens is 2. The standard InChI is InChI=1S/C21H19N5OS/c22-15-16-2-1-3-19(14-16)28-20-8-9-23-21(25-20)24-17-4-6-18(7-5-17)26-10-12-27-13-11-26/h1-9,14H,10-13H2,(H,23,24,25). The Morgan fingerprint density at radius 1 is 1.07 bits per heavy atom. The molecular weight excluding hydrogens is 370 g/mol. The van der Waals surface area contributed by atoms with Crippen molar-refractivity contribution in [2.75, 3.05) is 36.5 Å². The lowest BCUT2D eigenvalue weighted by Gasteiger charge is -2.28. The molecule has 2 heterocycles. The maximum atomic E-state index is 9.03. The van der Waals surface area contributed by atoms with Crippen LogP contribution in [0.4, 0.5) is 17.3 Å². The number of anilines is 3. The fraction of sp³-hybridized carbons (Fsp3) is 0.190. The number of benzene rings is 2. The Balaban J connectivity index is 1.43. The van der Waals surface area contributed by atoms with E-state index in [1.165, 1.54) is 17.4 Å². The Morgan fingerprint density at radius 3 is 2.68 bits per heavy atom. The predicted octanol–water partition coefficient (Wildman–Crippen LogP) is 4.08. The third-order valence-electron chi connectivity index (χ3n) is 4.32. The van der Waals surface area contributed by atoms with Crippen LogP contribution in [0.15, 0.2) is 70.7 Å². The molecule has 4 rings (SSSR count). The van der Waals surface area contributed by atoms with Gasteiger partial charge in [-0.15, -0.1) is 0 Å². The third-order valence-corrected chi connectivity index (χ3v) is 5.24. The maximum absolute atomic E-state index is 9.03. The first-order chi connectivity index (χ1) is 13.8. The summed E-state index contributed by atoms with van der Waals surface area (Å²) in [6.07, 6.45) is 1.73. The maximum Gasteiger partial charge on any atom is 0.228 e. The highest BCUT2D eigenvalue weighted by molar-refractivity contribution is 7.99. The first-order valence-electron chi connectivity index (χ1n) is 9.01. The minimum Gasteiger partial charge on any atom is -0.378 e. The van der Waals surface area contributed by atoms with Gasteiger partial charge in [0.2, 0.25) is 5.95 Å². The second kappa shape index (κ2) is 8.74. The molecule has 1 N–H and O–H groups in total. The molecule has 0 radical (unpaired) electrons. The topological polar surface area (TPSA) is 74.1 Å². The van der Waals surface area contributed by atoms with Crippen LogP contribution in [-0.4, -0.2) is 36.3 Å². The normalized spacial score (nSPS) is 13.8. The van der Waals surface area contributed by atoms with E-state index in [1.807, 2.05) is 36.4 Å². The lowest BCUT2D eigenvalue weighted by atomic mass is 10.2. The molecule has 1 fully saturated rings. The van der Waals surface area contributed by atoms with Crippen molar-refractivity contribution >= 4 is 29.1 Å². The van der Waals surface area contributed by atoms with Crippen LogP contribution >= 0.6 is 11.8 Å². The molecule has 0 aliphatic carbocycles. The van der Waals surface area contributed by atoms with Crippen molar-refractivity contribution in [1.29, 1.82) is 5.26 Å². The van der Waals surface area contributed by atoms with E-state index < -0.39 is 0 Å². The van der Waals surface area contributed by atoms with Gasteiger partial charge in [0, 0.05) is 35.6 Å². The molecule has 1 aromatic heterocycles. The molecule has 28 heavy (non-hydrogen) atoms. The fourth-order valence-electron chi connectivity index (χ4n) is 2.92. The van der Waals surface area contributed by atoms with Crippen molar-refractivity contribution in [3.05, 3.63) is 66.4 Å². The van der Waals surface area contributed by atoms with Crippen LogP contribution in [0.5, 0.6) is 0 Å². The molecule has 0 unspecified atom stereocenters. The number of morpholine rings is 1. The number of hydrogen-bond acceptors (Lipinski definition) is 7. The number of nitriles is 1. The molecular formula is C21H19N5OS. The van der Waals surface area contributed by atoms with Crippen LogP contribution in [0, 0.1) is 11.3 Å². The van der Waals surface area contributed by atoms with E-state index in [-0.39, 0.29) is 0 Å². The van der Waals surface area contributed by atoms with Gasteiger partial charge >= 0.3 is 0 Å². The molecule has 0 amide bonds. The Morgan fingerprint density at radius 2 is 1.89 bits per heavy atom. The first kappa shape index (κ1) is 18.3. The second-order valence-corrected chi connectivity index (χ2v) is 7.33. The quantitative estimate of drug-likeness (QED) is 0.659. The van der Waals surface area contributed by atoms with Crippen molar-refractivity contribution < 1.29 is 4.74 Å². The molecule has 0 spiro atoms. The number of rotatable bonds is 5. The van der Waals surface area contributed by atoms with Crippen LogP contribution in [0.2, 0.25) is 0 Å². The Bertz CT molecular complexity index is 981. The SMILES string of the molecule is N#Cc1cccc(Sc2ccnc(Nc3ccc(N4CCOCC4)cc3)n2)c1. The summed E-state index contributed by atoms with van der Waals surface area (Å²) >= 11 is 1.50. The zero-order valence-corrected chi connectivity index (χ0v) is 16.0. The highest BCUT2D eigenvalue weighted by atomic mass is 32.2. The summed E-state index contributed by atoms with van der Waals surface area (Å²) in [5.74, 6) is 0.542. The van der Waals surface area contributed by atoms with Gasteiger partial charge in [0.25, 0.3) is 0 Å². The molecule has 6 nitrogen and oxygen atoms in total. The van der Waals surface area contributed by atoms with Crippen LogP contribution in [-0.2, 0) is 4.74 Å². The van der Waals surface area contributed by atoms with Crippen LogP contribution < -0.4 is 10.2 Å². The van der Waals surface area contributed by atoms with Crippen molar-refractivity contribution in [2.45, 2.75) is 9.92 Å². The second-order valence-electron chi connectivity index (χ2n) is 6.23. The predicted molar refractivity (Wildman–Crippen MR) is 110 cm³/mol. The van der Waals surface area contributed by atoms with Gasteiger partial charge in [0.1, 0.15) is 5.03 Å². The minimum absolute atomic E-state index is 0.542. The van der Waals surface area contributed by atoms with Crippen molar-refractivity contribution in [3.8, 4) is 6.07 Å². The molecule has 3 aromatic rings. The minimum atomic E-state index is 0.542. The van der Waals surface area contributed by atoms with E-state index in [9.17, 15) is 0 Å².